The van der Waals surface area contributed by atoms with Gasteiger partial charge in [0.25, 0.3) is 5.91 Å². The van der Waals surface area contributed by atoms with Crippen molar-refractivity contribution in [3.63, 3.8) is 0 Å². The molecule has 0 radical (unpaired) electrons. The lowest BCUT2D eigenvalue weighted by atomic mass is 9.94. The highest BCUT2D eigenvalue weighted by molar-refractivity contribution is 6.07. The molecular formula is C18H22N4O3. The maximum Gasteiger partial charge on any atom is 0.267 e. The van der Waals surface area contributed by atoms with Gasteiger partial charge in [-0.15, -0.1) is 0 Å². The van der Waals surface area contributed by atoms with E-state index < -0.39 is 5.60 Å². The molecule has 0 fully saturated rings. The molecule has 1 atom stereocenters. The lowest BCUT2D eigenvalue weighted by Crippen LogP contribution is -2.44. The summed E-state index contributed by atoms with van der Waals surface area (Å²) in [6.45, 7) is 4.11. The number of methoxy groups -OCH3 is 1. The molecule has 0 aliphatic carbocycles. The Morgan fingerprint density at radius 3 is 2.88 bits per heavy atom. The number of para-hydroxylation sites is 1. The normalized spacial score (nSPS) is 19.3. The van der Waals surface area contributed by atoms with Crippen molar-refractivity contribution in [2.75, 3.05) is 7.11 Å². The van der Waals surface area contributed by atoms with E-state index in [4.69, 9.17) is 9.57 Å². The number of aryl methyl sites for hydroxylation is 1. The molecule has 0 bridgehead atoms. The first kappa shape index (κ1) is 17.0. The second-order valence-corrected chi connectivity index (χ2v) is 6.30. The van der Waals surface area contributed by atoms with E-state index in [1.807, 2.05) is 38.2 Å². The number of nitrogens with one attached hydrogen (secondary N) is 1. The van der Waals surface area contributed by atoms with Gasteiger partial charge in [0.1, 0.15) is 5.75 Å². The molecule has 2 aromatic rings. The third-order valence-corrected chi connectivity index (χ3v) is 4.54. The third-order valence-electron chi connectivity index (χ3n) is 4.54. The van der Waals surface area contributed by atoms with Crippen LogP contribution < -0.4 is 10.1 Å². The fourth-order valence-corrected chi connectivity index (χ4v) is 2.77. The molecule has 0 saturated heterocycles. The minimum Gasteiger partial charge on any atom is -0.496 e. The summed E-state index contributed by atoms with van der Waals surface area (Å²) in [5.74, 6) is 0.505. The number of benzene rings is 1. The second kappa shape index (κ2) is 6.58. The Morgan fingerprint density at radius 1 is 1.44 bits per heavy atom. The lowest BCUT2D eigenvalue weighted by Gasteiger charge is -2.20. The molecule has 3 rings (SSSR count). The van der Waals surface area contributed by atoms with Gasteiger partial charge in [-0.3, -0.25) is 9.48 Å². The van der Waals surface area contributed by atoms with Gasteiger partial charge >= 0.3 is 0 Å². The molecular weight excluding hydrogens is 320 g/mol. The number of carbonyl (C=O) groups excluding carboxylic acids is 1. The molecule has 1 unspecified atom stereocenters. The lowest BCUT2D eigenvalue weighted by molar-refractivity contribution is -0.141. The number of nitrogens with zero attached hydrogens (tertiary/aromatic N) is 3. The standard InChI is InChI=1S/C18H22N4O3/c1-12-13(11-20-22(12)3)10-19-17(23)18(2)9-15(21-25-18)14-7-5-6-8-16(14)24-4/h5-8,11H,9-10H2,1-4H3,(H,19,23). The topological polar surface area (TPSA) is 77.7 Å². The first-order chi connectivity index (χ1) is 11.9. The first-order valence-corrected chi connectivity index (χ1v) is 8.09. The molecule has 0 spiro atoms. The maximum atomic E-state index is 12.6. The fraction of sp³-hybridized carbons (Fsp3) is 0.389. The summed E-state index contributed by atoms with van der Waals surface area (Å²) < 4.78 is 7.14. The van der Waals surface area contributed by atoms with E-state index in [1.165, 1.54) is 0 Å². The van der Waals surface area contributed by atoms with Crippen LogP contribution in [0.3, 0.4) is 0 Å². The molecule has 7 nitrogen and oxygen atoms in total. The van der Waals surface area contributed by atoms with Crippen LogP contribution in [0.25, 0.3) is 0 Å². The van der Waals surface area contributed by atoms with Gasteiger partial charge in [-0.05, 0) is 26.0 Å². The first-order valence-electron chi connectivity index (χ1n) is 8.09. The average molecular weight is 342 g/mol. The van der Waals surface area contributed by atoms with E-state index in [2.05, 4.69) is 15.6 Å². The van der Waals surface area contributed by atoms with Crippen molar-refractivity contribution in [1.29, 1.82) is 0 Å². The van der Waals surface area contributed by atoms with E-state index in [9.17, 15) is 4.79 Å². The van der Waals surface area contributed by atoms with E-state index in [0.717, 1.165) is 16.8 Å². The van der Waals surface area contributed by atoms with Gasteiger partial charge in [-0.1, -0.05) is 17.3 Å². The van der Waals surface area contributed by atoms with Gasteiger partial charge in [-0.2, -0.15) is 5.10 Å². The van der Waals surface area contributed by atoms with Gasteiger partial charge in [0.05, 0.1) is 19.0 Å². The Hall–Kier alpha value is -2.83. The zero-order valence-electron chi connectivity index (χ0n) is 14.9. The molecule has 1 aromatic heterocycles. The van der Waals surface area contributed by atoms with Crippen molar-refractivity contribution in [3.05, 3.63) is 47.3 Å². The summed E-state index contributed by atoms with van der Waals surface area (Å²) in [6.07, 6.45) is 2.13. The minimum absolute atomic E-state index is 0.204. The Balaban J connectivity index is 1.67. The highest BCUT2D eigenvalue weighted by Gasteiger charge is 2.42. The van der Waals surface area contributed by atoms with Gasteiger partial charge in [0, 0.05) is 36.8 Å². The molecule has 0 saturated carbocycles. The number of hydrogen-bond acceptors (Lipinski definition) is 5. The van der Waals surface area contributed by atoms with Crippen LogP contribution in [0.15, 0.2) is 35.6 Å². The van der Waals surface area contributed by atoms with Crippen molar-refractivity contribution < 1.29 is 14.4 Å². The number of amides is 1. The number of aromatic nitrogens is 2. The fourth-order valence-electron chi connectivity index (χ4n) is 2.77. The van der Waals surface area contributed by atoms with Crippen molar-refractivity contribution in [2.24, 2.45) is 12.2 Å². The summed E-state index contributed by atoms with van der Waals surface area (Å²) in [6, 6.07) is 7.56. The quantitative estimate of drug-likeness (QED) is 0.901. The van der Waals surface area contributed by atoms with E-state index >= 15 is 0 Å². The van der Waals surface area contributed by atoms with Crippen LogP contribution in [-0.2, 0) is 23.2 Å². The zero-order valence-corrected chi connectivity index (χ0v) is 14.9. The van der Waals surface area contributed by atoms with Crippen LogP contribution >= 0.6 is 0 Å². The summed E-state index contributed by atoms with van der Waals surface area (Å²) in [5.41, 5.74) is 2.50. The molecule has 132 valence electrons. The Kier molecular flexibility index (Phi) is 4.48. The number of hydrogen-bond donors (Lipinski definition) is 1. The Bertz CT molecular complexity index is 827. The van der Waals surface area contributed by atoms with Crippen LogP contribution in [0.4, 0.5) is 0 Å². The van der Waals surface area contributed by atoms with Gasteiger partial charge in [-0.25, -0.2) is 0 Å². The van der Waals surface area contributed by atoms with Gasteiger partial charge < -0.3 is 14.9 Å². The van der Waals surface area contributed by atoms with Crippen molar-refractivity contribution in [3.8, 4) is 5.75 Å². The van der Waals surface area contributed by atoms with E-state index in [1.54, 1.807) is 24.9 Å². The van der Waals surface area contributed by atoms with Crippen molar-refractivity contribution >= 4 is 11.6 Å². The van der Waals surface area contributed by atoms with Crippen molar-refractivity contribution in [1.82, 2.24) is 15.1 Å². The molecule has 1 aliphatic heterocycles. The predicted octanol–water partition coefficient (Wildman–Crippen LogP) is 1.94. The summed E-state index contributed by atoms with van der Waals surface area (Å²) >= 11 is 0. The smallest absolute Gasteiger partial charge is 0.267 e. The number of oxime groups is 1. The van der Waals surface area contributed by atoms with Crippen LogP contribution in [0.2, 0.25) is 0 Å². The largest absolute Gasteiger partial charge is 0.496 e. The summed E-state index contributed by atoms with van der Waals surface area (Å²) in [4.78, 5) is 18.1. The van der Waals surface area contributed by atoms with Crippen LogP contribution in [0.1, 0.15) is 30.2 Å². The number of ether oxygens (including phenoxy) is 1. The Morgan fingerprint density at radius 2 is 2.20 bits per heavy atom. The number of carbonyl (C=O) groups is 1. The molecule has 25 heavy (non-hydrogen) atoms. The van der Waals surface area contributed by atoms with Crippen LogP contribution in [0, 0.1) is 6.92 Å². The third kappa shape index (κ3) is 3.22. The predicted molar refractivity (Wildman–Crippen MR) is 93.4 cm³/mol. The molecule has 1 N–H and O–H groups in total. The number of rotatable bonds is 5. The van der Waals surface area contributed by atoms with Gasteiger partial charge in [0.15, 0.2) is 0 Å². The van der Waals surface area contributed by atoms with Crippen LogP contribution in [-0.4, -0.2) is 34.1 Å². The summed E-state index contributed by atoms with van der Waals surface area (Å²) in [5, 5.41) is 11.2. The molecule has 2 heterocycles. The molecule has 7 heteroatoms. The van der Waals surface area contributed by atoms with Crippen LogP contribution in [0.5, 0.6) is 5.75 Å². The maximum absolute atomic E-state index is 12.6. The SMILES string of the molecule is COc1ccccc1C1=NOC(C)(C(=O)NCc2cnn(C)c2C)C1. The second-order valence-electron chi connectivity index (χ2n) is 6.30. The summed E-state index contributed by atoms with van der Waals surface area (Å²) in [7, 11) is 3.48. The average Bonchev–Trinajstić information content (AvgIpc) is 3.17. The molecule has 1 aliphatic rings. The van der Waals surface area contributed by atoms with E-state index in [0.29, 0.717) is 24.4 Å². The molecule has 1 aromatic carbocycles. The highest BCUT2D eigenvalue weighted by atomic mass is 16.7. The van der Waals surface area contributed by atoms with Crippen molar-refractivity contribution in [2.45, 2.75) is 32.4 Å². The van der Waals surface area contributed by atoms with Gasteiger partial charge in [0.2, 0.25) is 5.60 Å². The zero-order chi connectivity index (χ0) is 18.0. The molecule has 1 amide bonds. The monoisotopic (exact) mass is 342 g/mol. The minimum atomic E-state index is -1.04. The highest BCUT2D eigenvalue weighted by Crippen LogP contribution is 2.30. The Labute approximate surface area is 146 Å². The van der Waals surface area contributed by atoms with E-state index in [-0.39, 0.29) is 5.91 Å².